The van der Waals surface area contributed by atoms with Gasteiger partial charge in [0.15, 0.2) is 5.76 Å². The number of furan rings is 1. The summed E-state index contributed by atoms with van der Waals surface area (Å²) in [6.45, 7) is 0.874. The number of rotatable bonds is 2. The first-order valence-corrected chi connectivity index (χ1v) is 5.89. The molecule has 2 aromatic rings. The van der Waals surface area contributed by atoms with E-state index in [-0.39, 0.29) is 17.5 Å². The summed E-state index contributed by atoms with van der Waals surface area (Å²) in [4.78, 5) is 24.0. The Morgan fingerprint density at radius 3 is 2.95 bits per heavy atom. The Hall–Kier alpha value is -2.56. The van der Waals surface area contributed by atoms with Gasteiger partial charge in [-0.25, -0.2) is 0 Å². The molecule has 1 amide bonds. The smallest absolute Gasteiger partial charge is 0.255 e. The Morgan fingerprint density at radius 2 is 2.16 bits per heavy atom. The van der Waals surface area contributed by atoms with Gasteiger partial charge in [0.1, 0.15) is 12.4 Å². The van der Waals surface area contributed by atoms with Gasteiger partial charge in [-0.3, -0.25) is 9.59 Å². The second kappa shape index (κ2) is 4.61. The molecule has 5 heteroatoms. The average molecular weight is 257 g/mol. The second-order valence-electron chi connectivity index (χ2n) is 4.12. The van der Waals surface area contributed by atoms with Crippen LogP contribution in [0.2, 0.25) is 0 Å². The van der Waals surface area contributed by atoms with Crippen LogP contribution in [0.15, 0.2) is 41.0 Å². The van der Waals surface area contributed by atoms with Gasteiger partial charge in [0, 0.05) is 5.56 Å². The van der Waals surface area contributed by atoms with E-state index in [1.165, 1.54) is 12.3 Å². The Morgan fingerprint density at radius 1 is 1.26 bits per heavy atom. The molecule has 1 aromatic heterocycles. The fraction of sp³-hybridized carbons (Fsp3) is 0.143. The lowest BCUT2D eigenvalue weighted by Crippen LogP contribution is -2.24. The fourth-order valence-electron chi connectivity index (χ4n) is 1.95. The van der Waals surface area contributed by atoms with Gasteiger partial charge >= 0.3 is 0 Å². The van der Waals surface area contributed by atoms with Crippen molar-refractivity contribution in [2.24, 2.45) is 0 Å². The molecule has 1 aromatic carbocycles. The van der Waals surface area contributed by atoms with Crippen molar-refractivity contribution in [3.8, 4) is 5.75 Å². The lowest BCUT2D eigenvalue weighted by molar-refractivity contribution is 0.0957. The molecule has 0 radical (unpaired) electrons. The van der Waals surface area contributed by atoms with Crippen LogP contribution < -0.4 is 10.1 Å². The van der Waals surface area contributed by atoms with Crippen molar-refractivity contribution in [1.82, 2.24) is 5.32 Å². The van der Waals surface area contributed by atoms with Gasteiger partial charge in [-0.05, 0) is 30.3 Å². The zero-order valence-electron chi connectivity index (χ0n) is 10.0. The minimum absolute atomic E-state index is 0.235. The highest BCUT2D eigenvalue weighted by atomic mass is 16.5. The number of amides is 1. The minimum Gasteiger partial charge on any atom is -0.491 e. The molecular weight excluding hydrogens is 246 g/mol. The molecule has 0 saturated carbocycles. The van der Waals surface area contributed by atoms with Crippen LogP contribution in [-0.2, 0) is 0 Å². The Labute approximate surface area is 109 Å². The summed E-state index contributed by atoms with van der Waals surface area (Å²) >= 11 is 0. The summed E-state index contributed by atoms with van der Waals surface area (Å²) in [5, 5.41) is 2.70. The molecule has 0 fully saturated rings. The molecule has 19 heavy (non-hydrogen) atoms. The van der Waals surface area contributed by atoms with E-state index in [1.807, 2.05) is 0 Å². The van der Waals surface area contributed by atoms with Crippen molar-refractivity contribution < 1.29 is 18.7 Å². The molecule has 0 aliphatic carbocycles. The van der Waals surface area contributed by atoms with Crippen molar-refractivity contribution in [3.63, 3.8) is 0 Å². The van der Waals surface area contributed by atoms with Gasteiger partial charge in [0.25, 0.3) is 5.91 Å². The third-order valence-corrected chi connectivity index (χ3v) is 2.88. The van der Waals surface area contributed by atoms with E-state index >= 15 is 0 Å². The number of hydrogen-bond acceptors (Lipinski definition) is 4. The van der Waals surface area contributed by atoms with Crippen molar-refractivity contribution in [2.75, 3.05) is 13.2 Å². The molecule has 3 rings (SSSR count). The summed E-state index contributed by atoms with van der Waals surface area (Å²) in [6.07, 6.45) is 1.44. The number of ether oxygens (including phenoxy) is 1. The van der Waals surface area contributed by atoms with Crippen LogP contribution in [0.1, 0.15) is 26.5 Å². The maximum atomic E-state index is 12.1. The monoisotopic (exact) mass is 257 g/mol. The Kier molecular flexibility index (Phi) is 2.79. The summed E-state index contributed by atoms with van der Waals surface area (Å²) in [5.41, 5.74) is 0.768. The third-order valence-electron chi connectivity index (χ3n) is 2.88. The quantitative estimate of drug-likeness (QED) is 0.830. The molecule has 96 valence electrons. The van der Waals surface area contributed by atoms with Crippen LogP contribution in [0, 0.1) is 0 Å². The number of hydrogen-bond donors (Lipinski definition) is 1. The second-order valence-corrected chi connectivity index (χ2v) is 4.12. The summed E-state index contributed by atoms with van der Waals surface area (Å²) in [5.74, 6) is 0.243. The molecule has 1 N–H and O–H groups in total. The van der Waals surface area contributed by atoms with Crippen LogP contribution in [0.3, 0.4) is 0 Å². The zero-order valence-corrected chi connectivity index (χ0v) is 10.0. The van der Waals surface area contributed by atoms with Crippen LogP contribution in [0.25, 0.3) is 0 Å². The van der Waals surface area contributed by atoms with Gasteiger partial charge in [0.05, 0.1) is 18.4 Å². The number of fused-ring (bicyclic) bond motifs is 1. The van der Waals surface area contributed by atoms with Gasteiger partial charge in [0.2, 0.25) is 5.78 Å². The predicted molar refractivity (Wildman–Crippen MR) is 66.4 cm³/mol. The third kappa shape index (κ3) is 2.10. The molecule has 2 heterocycles. The van der Waals surface area contributed by atoms with Gasteiger partial charge < -0.3 is 14.5 Å². The molecule has 0 saturated heterocycles. The summed E-state index contributed by atoms with van der Waals surface area (Å²) in [7, 11) is 0. The lowest BCUT2D eigenvalue weighted by atomic mass is 10.0. The van der Waals surface area contributed by atoms with Crippen LogP contribution >= 0.6 is 0 Å². The zero-order chi connectivity index (χ0) is 13.2. The molecule has 1 aliphatic heterocycles. The number of benzene rings is 1. The first-order chi connectivity index (χ1) is 9.25. The number of ketones is 1. The molecule has 1 aliphatic rings. The normalized spacial score (nSPS) is 14.0. The number of carbonyl (C=O) groups excluding carboxylic acids is 2. The van der Waals surface area contributed by atoms with Crippen molar-refractivity contribution >= 4 is 11.7 Å². The minimum atomic E-state index is -0.259. The van der Waals surface area contributed by atoms with Crippen molar-refractivity contribution in [1.29, 1.82) is 0 Å². The number of nitrogens with one attached hydrogen (secondary N) is 1. The van der Waals surface area contributed by atoms with Crippen LogP contribution in [-0.4, -0.2) is 24.8 Å². The topological polar surface area (TPSA) is 68.5 Å². The van der Waals surface area contributed by atoms with Gasteiger partial charge in [-0.15, -0.1) is 0 Å². The lowest BCUT2D eigenvalue weighted by Gasteiger charge is -2.06. The van der Waals surface area contributed by atoms with E-state index in [9.17, 15) is 9.59 Å². The SMILES string of the molecule is O=C(c1ccc2c(c1)C(=O)NCCO2)c1ccco1. The average Bonchev–Trinajstić information content (AvgIpc) is 2.90. The fourth-order valence-corrected chi connectivity index (χ4v) is 1.95. The summed E-state index contributed by atoms with van der Waals surface area (Å²) in [6, 6.07) is 8.02. The van der Waals surface area contributed by atoms with E-state index in [0.29, 0.717) is 30.0 Å². The van der Waals surface area contributed by atoms with Gasteiger partial charge in [-0.1, -0.05) is 0 Å². The van der Waals surface area contributed by atoms with Crippen molar-refractivity contribution in [3.05, 3.63) is 53.5 Å². The molecular formula is C14H11NO4. The van der Waals surface area contributed by atoms with Crippen LogP contribution in [0.4, 0.5) is 0 Å². The Balaban J connectivity index is 2.01. The van der Waals surface area contributed by atoms with E-state index in [1.54, 1.807) is 24.3 Å². The van der Waals surface area contributed by atoms with E-state index in [2.05, 4.69) is 5.32 Å². The van der Waals surface area contributed by atoms with Gasteiger partial charge in [-0.2, -0.15) is 0 Å². The maximum absolute atomic E-state index is 12.1. The van der Waals surface area contributed by atoms with Crippen molar-refractivity contribution in [2.45, 2.75) is 0 Å². The molecule has 5 nitrogen and oxygen atoms in total. The highest BCUT2D eigenvalue weighted by Crippen LogP contribution is 2.23. The standard InChI is InChI=1S/C14H11NO4/c16-13(12-2-1-6-18-12)9-3-4-11-10(8-9)14(17)15-5-7-19-11/h1-4,6,8H,5,7H2,(H,15,17). The molecule has 0 bridgehead atoms. The van der Waals surface area contributed by atoms with E-state index in [0.717, 1.165) is 0 Å². The first kappa shape index (κ1) is 11.5. The molecule has 0 atom stereocenters. The summed E-state index contributed by atoms with van der Waals surface area (Å²) < 4.78 is 10.5. The Bertz CT molecular complexity index is 631. The highest BCUT2D eigenvalue weighted by molar-refractivity contribution is 6.09. The predicted octanol–water partition coefficient (Wildman–Crippen LogP) is 1.63. The number of carbonyl (C=O) groups is 2. The largest absolute Gasteiger partial charge is 0.491 e. The van der Waals surface area contributed by atoms with E-state index < -0.39 is 0 Å². The van der Waals surface area contributed by atoms with E-state index in [4.69, 9.17) is 9.15 Å². The first-order valence-electron chi connectivity index (χ1n) is 5.89. The molecule has 0 unspecified atom stereocenters. The molecule has 0 spiro atoms. The highest BCUT2D eigenvalue weighted by Gasteiger charge is 2.20. The van der Waals surface area contributed by atoms with Crippen LogP contribution in [0.5, 0.6) is 5.75 Å². The maximum Gasteiger partial charge on any atom is 0.255 e.